The number of rotatable bonds is 5. The Bertz CT molecular complexity index is 172. The van der Waals surface area contributed by atoms with E-state index >= 15 is 0 Å². The van der Waals surface area contributed by atoms with Crippen LogP contribution < -0.4 is 34.9 Å². The Morgan fingerprint density at radius 3 is 2.60 bits per heavy atom. The number of aliphatic hydroxyl groups excluding tert-OH is 1. The minimum atomic E-state index is -0.329. The van der Waals surface area contributed by atoms with Gasteiger partial charge in [-0.05, 0) is 32.1 Å². The van der Waals surface area contributed by atoms with E-state index in [1.165, 1.54) is 25.5 Å². The molecule has 0 aromatic rings. The summed E-state index contributed by atoms with van der Waals surface area (Å²) in [6, 6.07) is 0. The summed E-state index contributed by atoms with van der Waals surface area (Å²) < 4.78 is 0. The quantitative estimate of drug-likeness (QED) is 0.525. The Kier molecular flexibility index (Phi) is 9.65. The van der Waals surface area contributed by atoms with Crippen LogP contribution in [-0.4, -0.2) is 42.3 Å². The van der Waals surface area contributed by atoms with Crippen LogP contribution in [0.5, 0.6) is 0 Å². The summed E-state index contributed by atoms with van der Waals surface area (Å²) in [4.78, 5) is 2.31. The van der Waals surface area contributed by atoms with Crippen molar-refractivity contribution in [3.8, 4) is 0 Å². The first-order valence-corrected chi connectivity index (χ1v) is 5.29. The summed E-state index contributed by atoms with van der Waals surface area (Å²) >= 11 is 0. The number of nitrogens with zero attached hydrogens (tertiary/aromatic N) is 1. The predicted octanol–water partition coefficient (Wildman–Crippen LogP) is -2.05. The zero-order valence-electron chi connectivity index (χ0n) is 9.58. The molecule has 0 saturated carbocycles. The minimum Gasteiger partial charge on any atom is -0.704 e. The van der Waals surface area contributed by atoms with Crippen molar-refractivity contribution in [2.45, 2.75) is 25.4 Å². The van der Waals surface area contributed by atoms with Crippen LogP contribution in [0.3, 0.4) is 0 Å². The molecule has 1 unspecified atom stereocenters. The van der Waals surface area contributed by atoms with Gasteiger partial charge in [0, 0.05) is 13.1 Å². The van der Waals surface area contributed by atoms with Gasteiger partial charge in [-0.15, -0.1) is 0 Å². The van der Waals surface area contributed by atoms with Gasteiger partial charge in [0.15, 0.2) is 0 Å². The summed E-state index contributed by atoms with van der Waals surface area (Å²) in [6.07, 6.45) is 6.24. The molecular formula is C10H20N3NaO. The number of likely N-dealkylation sites (tertiary alicyclic amines) is 1. The van der Waals surface area contributed by atoms with Crippen molar-refractivity contribution in [3.63, 3.8) is 0 Å². The molecule has 1 fully saturated rings. The topological polar surface area (TPSA) is 59.3 Å². The molecule has 1 heterocycles. The first kappa shape index (κ1) is 15.3. The Hall–Kier alpha value is 0.260. The molecule has 0 bridgehead atoms. The van der Waals surface area contributed by atoms with Gasteiger partial charge in [0.05, 0.1) is 6.10 Å². The summed E-state index contributed by atoms with van der Waals surface area (Å²) in [6.45, 7) is 3.52. The fourth-order valence-electron chi connectivity index (χ4n) is 1.77. The zero-order chi connectivity index (χ0) is 10.2. The Labute approximate surface area is 114 Å². The third-order valence-electron chi connectivity index (χ3n) is 2.47. The van der Waals surface area contributed by atoms with Crippen molar-refractivity contribution in [2.75, 3.05) is 26.2 Å². The van der Waals surface area contributed by atoms with E-state index in [4.69, 9.17) is 5.73 Å². The molecule has 0 aromatic heterocycles. The average molecular weight is 221 g/mol. The Morgan fingerprint density at radius 2 is 2.00 bits per heavy atom. The maximum absolute atomic E-state index is 9.63. The van der Waals surface area contributed by atoms with E-state index < -0.39 is 0 Å². The molecule has 1 atom stereocenters. The van der Waals surface area contributed by atoms with Gasteiger partial charge in [0.1, 0.15) is 0 Å². The van der Waals surface area contributed by atoms with E-state index in [0.29, 0.717) is 6.54 Å². The maximum atomic E-state index is 9.63. The van der Waals surface area contributed by atoms with Crippen molar-refractivity contribution in [3.05, 3.63) is 18.1 Å². The van der Waals surface area contributed by atoms with Gasteiger partial charge in [0.2, 0.25) is 0 Å². The molecule has 0 aromatic carbocycles. The fourth-order valence-corrected chi connectivity index (χ4v) is 1.77. The van der Waals surface area contributed by atoms with Crippen LogP contribution in [0.2, 0.25) is 0 Å². The van der Waals surface area contributed by atoms with Gasteiger partial charge in [0.25, 0.3) is 0 Å². The van der Waals surface area contributed by atoms with Crippen molar-refractivity contribution in [1.29, 1.82) is 0 Å². The first-order chi connectivity index (χ1) is 6.83. The third-order valence-corrected chi connectivity index (χ3v) is 2.47. The number of β-amino-alcohol motifs (C(OH)–C–C–N with tert-alkyl or cyclic N) is 1. The molecule has 4 nitrogen and oxygen atoms in total. The Balaban J connectivity index is 0.00000196. The third kappa shape index (κ3) is 7.19. The van der Waals surface area contributed by atoms with Gasteiger partial charge < -0.3 is 21.1 Å². The molecule has 0 spiro atoms. The number of piperidine rings is 1. The largest absolute Gasteiger partial charge is 1.00 e. The standard InChI is InChI=1S/C10H20N3O.Na/c11-4-5-12-8-10(14)9-13-6-2-1-3-7-13;/h4-5,10-12,14H,1-3,6-9H2;/q-1;+1/b5-4-;. The number of hydrogen-bond donors (Lipinski definition) is 2. The van der Waals surface area contributed by atoms with Crippen LogP contribution in [0.15, 0.2) is 12.4 Å². The fraction of sp³-hybridized carbons (Fsp3) is 0.800. The number of aliphatic hydroxyl groups is 1. The molecule has 5 heteroatoms. The van der Waals surface area contributed by atoms with E-state index in [1.54, 1.807) is 6.20 Å². The van der Waals surface area contributed by atoms with Crippen LogP contribution in [0.1, 0.15) is 19.3 Å². The molecule has 3 N–H and O–H groups in total. The van der Waals surface area contributed by atoms with E-state index in [2.05, 4.69) is 10.2 Å². The van der Waals surface area contributed by atoms with Crippen molar-refractivity contribution in [2.24, 2.45) is 0 Å². The van der Waals surface area contributed by atoms with Gasteiger partial charge >= 0.3 is 29.6 Å². The zero-order valence-corrected chi connectivity index (χ0v) is 11.6. The molecule has 0 radical (unpaired) electrons. The molecule has 1 aliphatic heterocycles. The van der Waals surface area contributed by atoms with E-state index in [1.807, 2.05) is 0 Å². The molecule has 1 saturated heterocycles. The van der Waals surface area contributed by atoms with Gasteiger partial charge in [-0.2, -0.15) is 6.20 Å². The molecular weight excluding hydrogens is 201 g/mol. The van der Waals surface area contributed by atoms with Crippen LogP contribution in [0.25, 0.3) is 5.73 Å². The van der Waals surface area contributed by atoms with E-state index in [0.717, 1.165) is 19.6 Å². The van der Waals surface area contributed by atoms with Crippen LogP contribution >= 0.6 is 0 Å². The van der Waals surface area contributed by atoms with E-state index in [9.17, 15) is 5.11 Å². The molecule has 15 heavy (non-hydrogen) atoms. The van der Waals surface area contributed by atoms with Gasteiger partial charge in [-0.25, -0.2) is 0 Å². The van der Waals surface area contributed by atoms with Crippen molar-refractivity contribution in [1.82, 2.24) is 10.2 Å². The molecule has 1 rings (SSSR count). The van der Waals surface area contributed by atoms with Gasteiger partial charge in [-0.1, -0.05) is 6.42 Å². The number of hydrogen-bond acceptors (Lipinski definition) is 3. The van der Waals surface area contributed by atoms with Crippen LogP contribution in [0, 0.1) is 0 Å². The second kappa shape index (κ2) is 9.48. The second-order valence-electron chi connectivity index (χ2n) is 3.76. The summed E-state index contributed by atoms with van der Waals surface area (Å²) in [7, 11) is 0. The molecule has 0 amide bonds. The van der Waals surface area contributed by atoms with E-state index in [-0.39, 0.29) is 35.7 Å². The van der Waals surface area contributed by atoms with Gasteiger partial charge in [-0.3, -0.25) is 0 Å². The SMILES string of the molecule is [NH-]/C=C\NCC(O)CN1CCCCC1.[Na+]. The smallest absolute Gasteiger partial charge is 0.704 e. The van der Waals surface area contributed by atoms with Crippen molar-refractivity contribution >= 4 is 0 Å². The molecule has 1 aliphatic rings. The summed E-state index contributed by atoms with van der Waals surface area (Å²) in [5.74, 6) is 0. The maximum Gasteiger partial charge on any atom is 1.00 e. The van der Waals surface area contributed by atoms with Crippen LogP contribution in [-0.2, 0) is 0 Å². The monoisotopic (exact) mass is 221 g/mol. The van der Waals surface area contributed by atoms with Crippen molar-refractivity contribution < 1.29 is 34.7 Å². The average Bonchev–Trinajstić information content (AvgIpc) is 2.20. The molecule has 82 valence electrons. The summed E-state index contributed by atoms with van der Waals surface area (Å²) in [5, 5.41) is 12.5. The predicted molar refractivity (Wildman–Crippen MR) is 57.8 cm³/mol. The number of nitrogens with one attached hydrogen (secondary N) is 2. The normalized spacial score (nSPS) is 19.8. The van der Waals surface area contributed by atoms with Crippen LogP contribution in [0.4, 0.5) is 0 Å². The first-order valence-electron chi connectivity index (χ1n) is 5.29. The Morgan fingerprint density at radius 1 is 1.33 bits per heavy atom. The molecule has 0 aliphatic carbocycles. The minimum absolute atomic E-state index is 0. The second-order valence-corrected chi connectivity index (χ2v) is 3.76. The summed E-state index contributed by atoms with van der Waals surface area (Å²) in [5.41, 5.74) is 6.76.